The summed E-state index contributed by atoms with van der Waals surface area (Å²) < 4.78 is 5.00. The molecule has 0 heterocycles. The number of hydrogen-bond donors (Lipinski definition) is 6. The topological polar surface area (TPSA) is 185 Å². The number of hydrogen-bond acceptors (Lipinski definition) is 8. The molecule has 0 spiro atoms. The van der Waals surface area contributed by atoms with Crippen LogP contribution in [-0.2, 0) is 28.7 Å². The average molecular weight is 421 g/mol. The first-order valence-electron chi connectivity index (χ1n) is 8.59. The van der Waals surface area contributed by atoms with Gasteiger partial charge in [0.15, 0.2) is 0 Å². The van der Waals surface area contributed by atoms with Crippen LogP contribution in [0, 0.1) is 0 Å². The van der Waals surface area contributed by atoms with Crippen molar-refractivity contribution in [3.05, 3.63) is 0 Å². The molecule has 0 aliphatic heterocycles. The first kappa shape index (κ1) is 25.7. The molecule has 28 heavy (non-hydrogen) atoms. The number of nitrogens with one attached hydrogen (secondary N) is 2. The summed E-state index contributed by atoms with van der Waals surface area (Å²) in [5.74, 6) is -4.72. The number of rotatable bonds is 13. The number of esters is 1. The van der Waals surface area contributed by atoms with Crippen LogP contribution < -0.4 is 16.4 Å². The zero-order valence-electron chi connectivity index (χ0n) is 15.7. The molecule has 11 nitrogen and oxygen atoms in total. The highest BCUT2D eigenvalue weighted by Crippen LogP contribution is 2.05. The van der Waals surface area contributed by atoms with Gasteiger partial charge in [0.05, 0.1) is 12.1 Å². The maximum Gasteiger partial charge on any atom is 0.328 e. The van der Waals surface area contributed by atoms with Crippen molar-refractivity contribution < 1.29 is 38.9 Å². The van der Waals surface area contributed by atoms with Crippen molar-refractivity contribution in [2.45, 2.75) is 63.8 Å². The zero-order chi connectivity index (χ0) is 21.9. The Kier molecular flexibility index (Phi) is 11.9. The predicted octanol–water partition coefficient (Wildman–Crippen LogP) is -1.11. The highest BCUT2D eigenvalue weighted by Gasteiger charge is 2.29. The highest BCUT2D eigenvalue weighted by molar-refractivity contribution is 7.80. The summed E-state index contributed by atoms with van der Waals surface area (Å²) in [7, 11) is 0. The van der Waals surface area contributed by atoms with Gasteiger partial charge in [-0.25, -0.2) is 4.79 Å². The minimum atomic E-state index is -1.22. The second-order valence-electron chi connectivity index (χ2n) is 6.26. The third-order valence-corrected chi connectivity index (χ3v) is 3.79. The standard InChI is InChI=1S/C16H27N3O8S/c1-8(2)27-16(26)10(4-6-13(22)23)18-15(25)11(7-28)19-14(24)9(17)3-5-12(20)21/h8-11,28H,3-7,17H2,1-2H3,(H,18,25)(H,19,24)(H,20,21)(H,22,23)/t9-,10-,11-/m0/s1. The molecule has 2 amide bonds. The van der Waals surface area contributed by atoms with Gasteiger partial charge in [0.25, 0.3) is 0 Å². The van der Waals surface area contributed by atoms with Crippen LogP contribution in [0.2, 0.25) is 0 Å². The molecular weight excluding hydrogens is 394 g/mol. The minimum Gasteiger partial charge on any atom is -0.481 e. The molecule has 12 heteroatoms. The Morgan fingerprint density at radius 3 is 1.89 bits per heavy atom. The van der Waals surface area contributed by atoms with Gasteiger partial charge in [-0.3, -0.25) is 19.2 Å². The number of carboxylic acid groups (broad SMARTS) is 2. The van der Waals surface area contributed by atoms with E-state index < -0.39 is 54.0 Å². The summed E-state index contributed by atoms with van der Waals surface area (Å²) >= 11 is 3.98. The second kappa shape index (κ2) is 12.9. The average Bonchev–Trinajstić information content (AvgIpc) is 2.59. The summed E-state index contributed by atoms with van der Waals surface area (Å²) in [4.78, 5) is 57.8. The summed E-state index contributed by atoms with van der Waals surface area (Å²) in [6.45, 7) is 3.20. The van der Waals surface area contributed by atoms with E-state index in [2.05, 4.69) is 23.3 Å². The van der Waals surface area contributed by atoms with Crippen molar-refractivity contribution in [2.75, 3.05) is 5.75 Å². The molecule has 0 aromatic carbocycles. The Hall–Kier alpha value is -2.34. The number of amides is 2. The Morgan fingerprint density at radius 2 is 1.43 bits per heavy atom. The van der Waals surface area contributed by atoms with E-state index in [0.717, 1.165) is 0 Å². The lowest BCUT2D eigenvalue weighted by molar-refractivity contribution is -0.152. The Morgan fingerprint density at radius 1 is 0.929 bits per heavy atom. The van der Waals surface area contributed by atoms with E-state index in [4.69, 9.17) is 20.7 Å². The van der Waals surface area contributed by atoms with Crippen molar-refractivity contribution >= 4 is 42.4 Å². The van der Waals surface area contributed by atoms with Gasteiger partial charge in [0.2, 0.25) is 11.8 Å². The molecule has 0 fully saturated rings. The largest absolute Gasteiger partial charge is 0.481 e. The molecule has 0 aliphatic carbocycles. The van der Waals surface area contributed by atoms with Crippen LogP contribution in [0.25, 0.3) is 0 Å². The molecule has 0 saturated carbocycles. The molecular formula is C16H27N3O8S. The second-order valence-corrected chi connectivity index (χ2v) is 6.63. The summed E-state index contributed by atoms with van der Waals surface area (Å²) in [6.07, 6.45) is -1.48. The predicted molar refractivity (Wildman–Crippen MR) is 101 cm³/mol. The minimum absolute atomic E-state index is 0.121. The van der Waals surface area contributed by atoms with Crippen molar-refractivity contribution in [2.24, 2.45) is 5.73 Å². The number of nitrogens with two attached hydrogens (primary N) is 1. The van der Waals surface area contributed by atoms with Gasteiger partial charge in [-0.15, -0.1) is 0 Å². The van der Waals surface area contributed by atoms with Crippen LogP contribution in [0.15, 0.2) is 0 Å². The van der Waals surface area contributed by atoms with E-state index in [0.29, 0.717) is 0 Å². The zero-order valence-corrected chi connectivity index (χ0v) is 16.6. The molecule has 0 saturated heterocycles. The molecule has 160 valence electrons. The lowest BCUT2D eigenvalue weighted by Crippen LogP contribution is -2.55. The fourth-order valence-electron chi connectivity index (χ4n) is 1.99. The molecule has 6 N–H and O–H groups in total. The van der Waals surface area contributed by atoms with E-state index >= 15 is 0 Å². The maximum atomic E-state index is 12.4. The molecule has 0 radical (unpaired) electrons. The summed E-state index contributed by atoms with van der Waals surface area (Å²) in [6, 6.07) is -3.52. The quantitative estimate of drug-likeness (QED) is 0.158. The Labute approximate surface area is 167 Å². The van der Waals surface area contributed by atoms with E-state index in [-0.39, 0.29) is 31.4 Å². The normalized spacial score (nSPS) is 13.9. The maximum absolute atomic E-state index is 12.4. The molecule has 0 rings (SSSR count). The first-order chi connectivity index (χ1) is 13.0. The molecule has 0 aliphatic rings. The van der Waals surface area contributed by atoms with Crippen LogP contribution in [0.5, 0.6) is 0 Å². The lowest BCUT2D eigenvalue weighted by atomic mass is 10.1. The van der Waals surface area contributed by atoms with Crippen molar-refractivity contribution in [1.29, 1.82) is 0 Å². The van der Waals surface area contributed by atoms with E-state index in [9.17, 15) is 24.0 Å². The van der Waals surface area contributed by atoms with Crippen LogP contribution in [0.3, 0.4) is 0 Å². The van der Waals surface area contributed by atoms with Crippen molar-refractivity contribution in [3.8, 4) is 0 Å². The lowest BCUT2D eigenvalue weighted by Gasteiger charge is -2.23. The van der Waals surface area contributed by atoms with E-state index in [1.54, 1.807) is 13.8 Å². The monoisotopic (exact) mass is 421 g/mol. The fraction of sp³-hybridized carbons (Fsp3) is 0.688. The summed E-state index contributed by atoms with van der Waals surface area (Å²) in [5, 5.41) is 22.1. The molecule has 0 unspecified atom stereocenters. The fourth-order valence-corrected chi connectivity index (χ4v) is 2.24. The van der Waals surface area contributed by atoms with Gasteiger partial charge in [-0.1, -0.05) is 0 Å². The Bertz CT molecular complexity index is 584. The number of aliphatic carboxylic acids is 2. The highest BCUT2D eigenvalue weighted by atomic mass is 32.1. The van der Waals surface area contributed by atoms with Gasteiger partial charge in [0.1, 0.15) is 12.1 Å². The number of carbonyl (C=O) groups is 5. The SMILES string of the molecule is CC(C)OC(=O)[C@H](CCC(=O)O)NC(=O)[C@H](CS)NC(=O)[C@@H](N)CCC(=O)O. The number of carboxylic acids is 2. The van der Waals surface area contributed by atoms with Crippen LogP contribution >= 0.6 is 12.6 Å². The smallest absolute Gasteiger partial charge is 0.328 e. The van der Waals surface area contributed by atoms with Gasteiger partial charge >= 0.3 is 17.9 Å². The van der Waals surface area contributed by atoms with Crippen LogP contribution in [0.1, 0.15) is 39.5 Å². The molecule has 0 aromatic heterocycles. The van der Waals surface area contributed by atoms with Crippen molar-refractivity contribution in [1.82, 2.24) is 10.6 Å². The number of carbonyl (C=O) groups excluding carboxylic acids is 3. The molecule has 0 bridgehead atoms. The van der Waals surface area contributed by atoms with Gasteiger partial charge < -0.3 is 31.3 Å². The summed E-state index contributed by atoms with van der Waals surface area (Å²) in [5.41, 5.74) is 5.58. The van der Waals surface area contributed by atoms with E-state index in [1.165, 1.54) is 0 Å². The van der Waals surface area contributed by atoms with E-state index in [1.807, 2.05) is 0 Å². The van der Waals surface area contributed by atoms with Gasteiger partial charge in [-0.05, 0) is 26.7 Å². The molecule has 0 aromatic rings. The first-order valence-corrected chi connectivity index (χ1v) is 9.22. The van der Waals surface area contributed by atoms with Crippen LogP contribution in [-0.4, -0.2) is 69.9 Å². The van der Waals surface area contributed by atoms with Crippen LogP contribution in [0.4, 0.5) is 0 Å². The number of ether oxygens (including phenoxy) is 1. The third-order valence-electron chi connectivity index (χ3n) is 3.42. The number of thiol groups is 1. The van der Waals surface area contributed by atoms with Gasteiger partial charge in [0, 0.05) is 18.6 Å². The third kappa shape index (κ3) is 10.7. The molecule has 3 atom stereocenters. The Balaban J connectivity index is 4.97. The van der Waals surface area contributed by atoms with Crippen molar-refractivity contribution in [3.63, 3.8) is 0 Å². The van der Waals surface area contributed by atoms with Gasteiger partial charge in [-0.2, -0.15) is 12.6 Å².